The second-order valence-electron chi connectivity index (χ2n) is 10.7. The predicted molar refractivity (Wildman–Crippen MR) is 97.4 cm³/mol. The van der Waals surface area contributed by atoms with Gasteiger partial charge >= 0.3 is 0 Å². The Morgan fingerprint density at radius 1 is 1.25 bits per heavy atom. The van der Waals surface area contributed by atoms with Crippen LogP contribution in [0.4, 0.5) is 0 Å². The first-order valence-electron chi connectivity index (χ1n) is 10.9. The maximum atomic E-state index is 9.72. The summed E-state index contributed by atoms with van der Waals surface area (Å²) in [5.41, 5.74) is 0.375. The maximum Gasteiger partial charge on any atom is 0.156 e. The van der Waals surface area contributed by atoms with Crippen LogP contribution >= 0.6 is 0 Å². The Kier molecular flexibility index (Phi) is 2.83. The molecule has 0 aromatic rings. The van der Waals surface area contributed by atoms with E-state index in [1.165, 1.54) is 5.57 Å². The normalized spacial score (nSPS) is 64.4. The Balaban J connectivity index is 1.34. The topological polar surface area (TPSA) is 76.3 Å². The van der Waals surface area contributed by atoms with Gasteiger partial charge in [0.1, 0.15) is 35.6 Å². The molecule has 4 heterocycles. The molecule has 3 saturated carbocycles. The van der Waals surface area contributed by atoms with Crippen molar-refractivity contribution in [1.29, 1.82) is 0 Å². The van der Waals surface area contributed by atoms with Crippen molar-refractivity contribution in [3.05, 3.63) is 11.8 Å². The van der Waals surface area contributed by atoms with Gasteiger partial charge in [-0.15, -0.1) is 0 Å². The lowest BCUT2D eigenvalue weighted by Gasteiger charge is -2.55. The fraction of sp³-hybridized carbons (Fsp3) is 0.909. The van der Waals surface area contributed by atoms with E-state index in [2.05, 4.69) is 20.8 Å². The first-order valence-corrected chi connectivity index (χ1v) is 10.9. The molecule has 0 aromatic heterocycles. The minimum absolute atomic E-state index is 0.0213. The number of epoxide rings is 3. The second kappa shape index (κ2) is 4.65. The van der Waals surface area contributed by atoms with Crippen molar-refractivity contribution >= 4 is 0 Å². The summed E-state index contributed by atoms with van der Waals surface area (Å²) in [6.45, 7) is 6.94. The third kappa shape index (κ3) is 1.41. The van der Waals surface area contributed by atoms with E-state index in [0.717, 1.165) is 19.3 Å². The summed E-state index contributed by atoms with van der Waals surface area (Å²) in [4.78, 5) is 0. The van der Waals surface area contributed by atoms with Crippen LogP contribution in [-0.2, 0) is 23.7 Å². The highest BCUT2D eigenvalue weighted by molar-refractivity contribution is 5.49. The quantitative estimate of drug-likeness (QED) is 0.741. The van der Waals surface area contributed by atoms with Crippen molar-refractivity contribution < 1.29 is 28.8 Å². The van der Waals surface area contributed by atoms with Crippen LogP contribution < -0.4 is 0 Å². The van der Waals surface area contributed by atoms with E-state index < -0.39 is 0 Å². The van der Waals surface area contributed by atoms with Crippen molar-refractivity contribution in [1.82, 2.24) is 0 Å². The summed E-state index contributed by atoms with van der Waals surface area (Å²) < 4.78 is 31.7. The third-order valence-corrected chi connectivity index (χ3v) is 9.81. The molecule has 7 rings (SSSR count). The predicted octanol–water partition coefficient (Wildman–Crippen LogP) is 1.79. The molecule has 1 N–H and O–H groups in total. The number of rotatable bonds is 3. The summed E-state index contributed by atoms with van der Waals surface area (Å²) in [5.74, 6) is 1.06. The summed E-state index contributed by atoms with van der Waals surface area (Å²) in [5, 5.41) is 9.72. The lowest BCUT2D eigenvalue weighted by atomic mass is 9.45. The SMILES string of the molecule is COC1C2(C(C)C)OC2C2OC23C2(C)CCC4C(=COC4CO)C2CC2OC213. The molecule has 28 heavy (non-hydrogen) atoms. The molecule has 0 radical (unpaired) electrons. The number of hydrogen-bond donors (Lipinski definition) is 1. The molecule has 6 nitrogen and oxygen atoms in total. The molecule has 154 valence electrons. The summed E-state index contributed by atoms with van der Waals surface area (Å²) >= 11 is 0. The van der Waals surface area contributed by atoms with Crippen molar-refractivity contribution in [3.63, 3.8) is 0 Å². The molecule has 11 atom stereocenters. The monoisotopic (exact) mass is 390 g/mol. The molecule has 6 fully saturated rings. The van der Waals surface area contributed by atoms with Crippen molar-refractivity contribution in [2.45, 2.75) is 87.4 Å². The van der Waals surface area contributed by atoms with Gasteiger partial charge < -0.3 is 28.8 Å². The molecule has 7 aliphatic rings. The van der Waals surface area contributed by atoms with Crippen molar-refractivity contribution in [2.24, 2.45) is 23.2 Å². The van der Waals surface area contributed by atoms with E-state index in [9.17, 15) is 5.11 Å². The average molecular weight is 390 g/mol. The third-order valence-electron chi connectivity index (χ3n) is 9.81. The largest absolute Gasteiger partial charge is 0.495 e. The Morgan fingerprint density at radius 2 is 2.07 bits per heavy atom. The van der Waals surface area contributed by atoms with E-state index in [-0.39, 0.29) is 59.3 Å². The van der Waals surface area contributed by atoms with Crippen LogP contribution in [0.25, 0.3) is 0 Å². The molecule has 0 bridgehead atoms. The van der Waals surface area contributed by atoms with Crippen LogP contribution in [0.5, 0.6) is 0 Å². The maximum absolute atomic E-state index is 9.72. The van der Waals surface area contributed by atoms with E-state index in [1.807, 2.05) is 13.4 Å². The highest BCUT2D eigenvalue weighted by Gasteiger charge is 3.00. The molecule has 0 amide bonds. The fourth-order valence-corrected chi connectivity index (χ4v) is 8.47. The summed E-state index contributed by atoms with van der Waals surface area (Å²) in [6.07, 6.45) is 5.21. The fourth-order valence-electron chi connectivity index (χ4n) is 8.47. The molecule has 11 unspecified atom stereocenters. The van der Waals surface area contributed by atoms with Gasteiger partial charge in [0.25, 0.3) is 0 Å². The van der Waals surface area contributed by atoms with Crippen LogP contribution in [-0.4, -0.2) is 66.1 Å². The molecular weight excluding hydrogens is 360 g/mol. The highest BCUT2D eigenvalue weighted by atomic mass is 16.8. The molecule has 0 aromatic carbocycles. The Labute approximate surface area is 165 Å². The molecule has 6 heteroatoms. The van der Waals surface area contributed by atoms with Gasteiger partial charge in [-0.25, -0.2) is 0 Å². The van der Waals surface area contributed by atoms with Crippen LogP contribution in [0.15, 0.2) is 11.8 Å². The van der Waals surface area contributed by atoms with Crippen LogP contribution in [0.2, 0.25) is 0 Å². The number of methoxy groups -OCH3 is 1. The van der Waals surface area contributed by atoms with E-state index in [0.29, 0.717) is 17.8 Å². The van der Waals surface area contributed by atoms with E-state index >= 15 is 0 Å². The zero-order valence-corrected chi connectivity index (χ0v) is 17.0. The molecule has 3 saturated heterocycles. The van der Waals surface area contributed by atoms with Gasteiger partial charge in [-0.3, -0.25) is 0 Å². The Morgan fingerprint density at radius 3 is 2.79 bits per heavy atom. The number of fused-ring (bicyclic) bond motifs is 5. The van der Waals surface area contributed by atoms with Gasteiger partial charge in [0.05, 0.1) is 19.0 Å². The van der Waals surface area contributed by atoms with Gasteiger partial charge in [0.15, 0.2) is 5.60 Å². The van der Waals surface area contributed by atoms with Gasteiger partial charge in [-0.05, 0) is 36.7 Å². The van der Waals surface area contributed by atoms with Crippen LogP contribution in [0, 0.1) is 23.2 Å². The number of hydrogen-bond acceptors (Lipinski definition) is 6. The summed E-state index contributed by atoms with van der Waals surface area (Å²) in [6, 6.07) is 0. The van der Waals surface area contributed by atoms with Crippen LogP contribution in [0.1, 0.15) is 40.0 Å². The summed E-state index contributed by atoms with van der Waals surface area (Å²) in [7, 11) is 1.81. The smallest absolute Gasteiger partial charge is 0.156 e. The van der Waals surface area contributed by atoms with E-state index in [1.54, 1.807) is 0 Å². The molecular formula is C22H30O6. The molecule has 4 aliphatic heterocycles. The zero-order valence-electron chi connectivity index (χ0n) is 17.0. The molecule has 3 aliphatic carbocycles. The van der Waals surface area contributed by atoms with Crippen molar-refractivity contribution in [2.75, 3.05) is 13.7 Å². The van der Waals surface area contributed by atoms with Gasteiger partial charge in [-0.1, -0.05) is 20.8 Å². The number of aliphatic hydroxyl groups excluding tert-OH is 1. The van der Waals surface area contributed by atoms with Gasteiger partial charge in [0, 0.05) is 18.4 Å². The van der Waals surface area contributed by atoms with E-state index in [4.69, 9.17) is 23.7 Å². The molecule has 2 spiro atoms. The van der Waals surface area contributed by atoms with Crippen LogP contribution in [0.3, 0.4) is 0 Å². The minimum atomic E-state index is -0.377. The zero-order chi connectivity index (χ0) is 19.3. The lowest BCUT2D eigenvalue weighted by Crippen LogP contribution is -2.69. The second-order valence-corrected chi connectivity index (χ2v) is 10.7. The highest BCUT2D eigenvalue weighted by Crippen LogP contribution is 2.83. The van der Waals surface area contributed by atoms with Gasteiger partial charge in [-0.2, -0.15) is 0 Å². The first-order chi connectivity index (χ1) is 13.4. The number of ether oxygens (including phenoxy) is 5. The standard InChI is InChI=1S/C22H30O6/c1-10(2)20-16(27-20)17-22(28-17)19(3)6-5-11-12(9-25-14(11)8-23)13(19)7-15-21(22,26-15)18(20)24-4/h9-11,13-18,23H,5-8H2,1-4H3. The Bertz CT molecular complexity index is 796. The Hall–Kier alpha value is -0.660. The number of aliphatic hydroxyl groups is 1. The first kappa shape index (κ1) is 17.1. The lowest BCUT2D eigenvalue weighted by molar-refractivity contribution is -0.118. The minimum Gasteiger partial charge on any atom is -0.495 e. The average Bonchev–Trinajstić information content (AvgIpc) is 3.56. The van der Waals surface area contributed by atoms with Gasteiger partial charge in [0.2, 0.25) is 0 Å². The van der Waals surface area contributed by atoms with Crippen molar-refractivity contribution in [3.8, 4) is 0 Å².